The molecule has 1 aliphatic rings. The first kappa shape index (κ1) is 10.4. The van der Waals surface area contributed by atoms with Crippen molar-refractivity contribution in [2.24, 2.45) is 0 Å². The Balaban J connectivity index is 2.32. The molecule has 1 aromatic carbocycles. The maximum Gasteiger partial charge on any atom is 0.0551 e. The monoisotopic (exact) mass is 202 g/mol. The number of aliphatic hydroxyl groups is 1. The maximum atomic E-state index is 9.79. The molecule has 1 aromatic rings. The Morgan fingerprint density at radius 3 is 2.67 bits per heavy atom. The van der Waals surface area contributed by atoms with Crippen molar-refractivity contribution < 1.29 is 5.11 Å². The van der Waals surface area contributed by atoms with Gasteiger partial charge in [0.2, 0.25) is 0 Å². The number of benzene rings is 1. The molecule has 1 heteroatoms. The van der Waals surface area contributed by atoms with Gasteiger partial charge >= 0.3 is 0 Å². The third-order valence-corrected chi connectivity index (χ3v) is 3.50. The Labute approximate surface area is 91.4 Å². The standard InChI is InChI=1S/C14H18O/c1-2-14(10-6-9-13(15)11-14)12-7-4-3-5-8-12/h2-5,7-8,13,15H,1,6,9-11H2. The summed E-state index contributed by atoms with van der Waals surface area (Å²) in [5, 5.41) is 9.79. The SMILES string of the molecule is C=CC1(c2ccccc2)CCCC(O)C1. The van der Waals surface area contributed by atoms with Crippen LogP contribution >= 0.6 is 0 Å². The van der Waals surface area contributed by atoms with E-state index in [1.807, 2.05) is 12.1 Å². The molecular weight excluding hydrogens is 184 g/mol. The van der Waals surface area contributed by atoms with Crippen LogP contribution in [0.15, 0.2) is 43.0 Å². The topological polar surface area (TPSA) is 20.2 Å². The third kappa shape index (κ3) is 1.98. The van der Waals surface area contributed by atoms with Crippen LogP contribution in [0.5, 0.6) is 0 Å². The lowest BCUT2D eigenvalue weighted by atomic mass is 9.68. The average Bonchev–Trinajstić information content (AvgIpc) is 2.30. The van der Waals surface area contributed by atoms with Crippen molar-refractivity contribution in [2.75, 3.05) is 0 Å². The molecule has 80 valence electrons. The van der Waals surface area contributed by atoms with E-state index in [0.29, 0.717) is 0 Å². The van der Waals surface area contributed by atoms with Crippen LogP contribution in [0, 0.1) is 0 Å². The predicted octanol–water partition coefficient (Wildman–Crippen LogP) is 3.05. The van der Waals surface area contributed by atoms with Gasteiger partial charge in [-0.2, -0.15) is 0 Å². The number of aliphatic hydroxyl groups excluding tert-OH is 1. The molecule has 1 saturated carbocycles. The Kier molecular flexibility index (Phi) is 2.92. The number of rotatable bonds is 2. The first-order chi connectivity index (χ1) is 7.27. The fraction of sp³-hybridized carbons (Fsp3) is 0.429. The van der Waals surface area contributed by atoms with Crippen molar-refractivity contribution in [1.29, 1.82) is 0 Å². The van der Waals surface area contributed by atoms with Gasteiger partial charge < -0.3 is 5.11 Å². The van der Waals surface area contributed by atoms with Crippen LogP contribution < -0.4 is 0 Å². The summed E-state index contributed by atoms with van der Waals surface area (Å²) in [5.41, 5.74) is 1.29. The summed E-state index contributed by atoms with van der Waals surface area (Å²) in [5.74, 6) is 0. The van der Waals surface area contributed by atoms with Gasteiger partial charge in [-0.15, -0.1) is 6.58 Å². The Hall–Kier alpha value is -1.08. The van der Waals surface area contributed by atoms with Crippen LogP contribution in [-0.2, 0) is 5.41 Å². The highest BCUT2D eigenvalue weighted by molar-refractivity contribution is 5.31. The molecule has 0 saturated heterocycles. The van der Waals surface area contributed by atoms with E-state index in [-0.39, 0.29) is 11.5 Å². The number of hydrogen-bond donors (Lipinski definition) is 1. The summed E-state index contributed by atoms with van der Waals surface area (Å²) in [6.07, 6.45) is 5.80. The van der Waals surface area contributed by atoms with Crippen LogP contribution in [-0.4, -0.2) is 11.2 Å². The normalized spacial score (nSPS) is 31.1. The minimum atomic E-state index is -0.169. The van der Waals surface area contributed by atoms with Gasteiger partial charge in [0.05, 0.1) is 6.10 Å². The van der Waals surface area contributed by atoms with Gasteiger partial charge in [0.15, 0.2) is 0 Å². The van der Waals surface area contributed by atoms with E-state index in [1.54, 1.807) is 0 Å². The van der Waals surface area contributed by atoms with Crippen molar-refractivity contribution in [3.8, 4) is 0 Å². The summed E-state index contributed by atoms with van der Waals surface area (Å²) in [6.45, 7) is 3.96. The molecule has 0 heterocycles. The predicted molar refractivity (Wildman–Crippen MR) is 62.8 cm³/mol. The molecule has 1 N–H and O–H groups in total. The lowest BCUT2D eigenvalue weighted by Gasteiger charge is -2.37. The second kappa shape index (κ2) is 4.19. The summed E-state index contributed by atoms with van der Waals surface area (Å²) < 4.78 is 0. The zero-order valence-electron chi connectivity index (χ0n) is 9.02. The van der Waals surface area contributed by atoms with Gasteiger partial charge in [0, 0.05) is 5.41 Å². The first-order valence-electron chi connectivity index (χ1n) is 5.64. The van der Waals surface area contributed by atoms with E-state index in [1.165, 1.54) is 5.56 Å². The Morgan fingerprint density at radius 2 is 2.07 bits per heavy atom. The average molecular weight is 202 g/mol. The van der Waals surface area contributed by atoms with Gasteiger partial charge in [0.25, 0.3) is 0 Å². The molecule has 0 amide bonds. The van der Waals surface area contributed by atoms with Crippen molar-refractivity contribution in [3.63, 3.8) is 0 Å². The van der Waals surface area contributed by atoms with Gasteiger partial charge in [-0.25, -0.2) is 0 Å². The fourth-order valence-electron chi connectivity index (χ4n) is 2.61. The van der Waals surface area contributed by atoms with Crippen LogP contribution in [0.1, 0.15) is 31.2 Å². The zero-order valence-corrected chi connectivity index (χ0v) is 9.02. The largest absolute Gasteiger partial charge is 0.393 e. The summed E-state index contributed by atoms with van der Waals surface area (Å²) in [7, 11) is 0. The highest BCUT2D eigenvalue weighted by Gasteiger charge is 2.34. The summed E-state index contributed by atoms with van der Waals surface area (Å²) in [6, 6.07) is 10.4. The molecule has 0 bridgehead atoms. The van der Waals surface area contributed by atoms with Crippen molar-refractivity contribution in [2.45, 2.75) is 37.2 Å². The number of hydrogen-bond acceptors (Lipinski definition) is 1. The zero-order chi connectivity index (χ0) is 10.7. The number of allylic oxidation sites excluding steroid dienone is 1. The van der Waals surface area contributed by atoms with Gasteiger partial charge in [0.1, 0.15) is 0 Å². The maximum absolute atomic E-state index is 9.79. The second-order valence-corrected chi connectivity index (χ2v) is 4.48. The molecule has 1 fully saturated rings. The van der Waals surface area contributed by atoms with Gasteiger partial charge in [-0.05, 0) is 31.2 Å². The van der Waals surface area contributed by atoms with Gasteiger partial charge in [-0.1, -0.05) is 36.4 Å². The lowest BCUT2D eigenvalue weighted by molar-refractivity contribution is 0.100. The molecule has 2 rings (SSSR count). The molecule has 0 aliphatic heterocycles. The molecule has 1 nitrogen and oxygen atoms in total. The van der Waals surface area contributed by atoms with Crippen LogP contribution in [0.25, 0.3) is 0 Å². The third-order valence-electron chi connectivity index (χ3n) is 3.50. The molecule has 2 unspecified atom stereocenters. The molecule has 1 aliphatic carbocycles. The molecule has 0 spiro atoms. The highest BCUT2D eigenvalue weighted by atomic mass is 16.3. The fourth-order valence-corrected chi connectivity index (χ4v) is 2.61. The van der Waals surface area contributed by atoms with E-state index in [0.717, 1.165) is 25.7 Å². The van der Waals surface area contributed by atoms with E-state index >= 15 is 0 Å². The van der Waals surface area contributed by atoms with Gasteiger partial charge in [-0.3, -0.25) is 0 Å². The summed E-state index contributed by atoms with van der Waals surface area (Å²) in [4.78, 5) is 0. The Morgan fingerprint density at radius 1 is 1.33 bits per heavy atom. The van der Waals surface area contributed by atoms with Crippen molar-refractivity contribution in [3.05, 3.63) is 48.6 Å². The minimum absolute atomic E-state index is 0.00106. The molecule has 0 radical (unpaired) electrons. The van der Waals surface area contributed by atoms with Crippen LogP contribution in [0.4, 0.5) is 0 Å². The first-order valence-corrected chi connectivity index (χ1v) is 5.64. The van der Waals surface area contributed by atoms with Crippen molar-refractivity contribution in [1.82, 2.24) is 0 Å². The lowest BCUT2D eigenvalue weighted by Crippen LogP contribution is -2.33. The molecule has 15 heavy (non-hydrogen) atoms. The highest BCUT2D eigenvalue weighted by Crippen LogP contribution is 2.40. The smallest absolute Gasteiger partial charge is 0.0551 e. The van der Waals surface area contributed by atoms with E-state index < -0.39 is 0 Å². The summed E-state index contributed by atoms with van der Waals surface area (Å²) >= 11 is 0. The molecule has 2 atom stereocenters. The van der Waals surface area contributed by atoms with Crippen molar-refractivity contribution >= 4 is 0 Å². The Bertz CT molecular complexity index is 330. The minimum Gasteiger partial charge on any atom is -0.393 e. The second-order valence-electron chi connectivity index (χ2n) is 4.48. The van der Waals surface area contributed by atoms with E-state index in [9.17, 15) is 5.11 Å². The molecular formula is C14H18O. The van der Waals surface area contributed by atoms with E-state index in [2.05, 4.69) is 30.8 Å². The van der Waals surface area contributed by atoms with Crippen LogP contribution in [0.3, 0.4) is 0 Å². The molecule has 0 aromatic heterocycles. The van der Waals surface area contributed by atoms with E-state index in [4.69, 9.17) is 0 Å². The van der Waals surface area contributed by atoms with Crippen LogP contribution in [0.2, 0.25) is 0 Å². The quantitative estimate of drug-likeness (QED) is 0.731.